The molecule has 2 aromatic heterocycles. The number of nitrogens with zero attached hydrogens (tertiary/aromatic N) is 4. The molecule has 2 heterocycles. The Balaban J connectivity index is 2.02. The Morgan fingerprint density at radius 3 is 2.91 bits per heavy atom. The largest absolute Gasteiger partial charge is 0.463 e. The van der Waals surface area contributed by atoms with Gasteiger partial charge in [-0.1, -0.05) is 12.1 Å². The number of nitrogens with one attached hydrogen (secondary N) is 1. The molecule has 0 aliphatic carbocycles. The molecule has 0 bridgehead atoms. The van der Waals surface area contributed by atoms with E-state index in [0.717, 1.165) is 0 Å². The third kappa shape index (κ3) is 2.44. The van der Waals surface area contributed by atoms with E-state index in [9.17, 15) is 5.21 Å². The van der Waals surface area contributed by atoms with Crippen molar-refractivity contribution in [1.82, 2.24) is 9.71 Å². The molecule has 0 aliphatic heterocycles. The van der Waals surface area contributed by atoms with Crippen molar-refractivity contribution in [3.63, 3.8) is 0 Å². The summed E-state index contributed by atoms with van der Waals surface area (Å²) in [5.41, 5.74) is 6.46. The van der Waals surface area contributed by atoms with Gasteiger partial charge in [-0.3, -0.25) is 5.41 Å². The zero-order valence-electron chi connectivity index (χ0n) is 11.3. The third-order valence-electron chi connectivity index (χ3n) is 2.91. The lowest BCUT2D eigenvalue weighted by atomic mass is 10.3. The maximum absolute atomic E-state index is 9.99. The Morgan fingerprint density at radius 2 is 2.14 bits per heavy atom. The standard InChI is InChI=1S/C14H12N6O2/c15-13(19-17-8-9-4-3-7-22-9)12-14(16)20(21)11-6-2-1-5-10(11)18-12/h1-8,16,21H,(H2,15,19)/b16-14?,17-8+. The van der Waals surface area contributed by atoms with Crippen LogP contribution in [-0.4, -0.2) is 27.0 Å². The van der Waals surface area contributed by atoms with Crippen molar-refractivity contribution >= 4 is 23.1 Å². The minimum absolute atomic E-state index is 0.0396. The second-order valence-electron chi connectivity index (χ2n) is 4.35. The second-order valence-corrected chi connectivity index (χ2v) is 4.35. The Kier molecular flexibility index (Phi) is 3.40. The van der Waals surface area contributed by atoms with Crippen molar-refractivity contribution in [2.24, 2.45) is 15.9 Å². The lowest BCUT2D eigenvalue weighted by molar-refractivity contribution is 0.183. The van der Waals surface area contributed by atoms with Crippen LogP contribution in [0.2, 0.25) is 0 Å². The molecule has 0 atom stereocenters. The molecule has 0 saturated carbocycles. The summed E-state index contributed by atoms with van der Waals surface area (Å²) in [5, 5.41) is 25.4. The number of fused-ring (bicyclic) bond motifs is 1. The molecule has 0 amide bonds. The highest BCUT2D eigenvalue weighted by Gasteiger charge is 2.10. The van der Waals surface area contributed by atoms with Crippen molar-refractivity contribution in [2.45, 2.75) is 0 Å². The lowest BCUT2D eigenvalue weighted by Gasteiger charge is -2.06. The molecule has 0 saturated heterocycles. The summed E-state index contributed by atoms with van der Waals surface area (Å²) < 4.78 is 5.77. The fourth-order valence-electron chi connectivity index (χ4n) is 1.87. The molecule has 0 spiro atoms. The summed E-state index contributed by atoms with van der Waals surface area (Å²) in [5.74, 6) is 0.438. The zero-order valence-corrected chi connectivity index (χ0v) is 11.3. The van der Waals surface area contributed by atoms with E-state index in [1.165, 1.54) is 12.5 Å². The van der Waals surface area contributed by atoms with Gasteiger partial charge < -0.3 is 15.4 Å². The molecule has 0 fully saturated rings. The van der Waals surface area contributed by atoms with E-state index in [-0.39, 0.29) is 17.0 Å². The maximum atomic E-state index is 9.99. The first kappa shape index (κ1) is 13.6. The Hall–Kier alpha value is -3.42. The quantitative estimate of drug-likeness (QED) is 0.289. The third-order valence-corrected chi connectivity index (χ3v) is 2.91. The molecule has 3 aromatic rings. The van der Waals surface area contributed by atoms with Gasteiger partial charge in [-0.15, -0.1) is 5.10 Å². The molecule has 22 heavy (non-hydrogen) atoms. The van der Waals surface area contributed by atoms with Gasteiger partial charge in [-0.2, -0.15) is 9.83 Å². The minimum atomic E-state index is -0.270. The van der Waals surface area contributed by atoms with Gasteiger partial charge in [-0.25, -0.2) is 4.98 Å². The van der Waals surface area contributed by atoms with Gasteiger partial charge in [0.1, 0.15) is 11.3 Å². The number of hydrogen-bond acceptors (Lipinski definition) is 6. The van der Waals surface area contributed by atoms with Crippen LogP contribution >= 0.6 is 0 Å². The van der Waals surface area contributed by atoms with Crippen LogP contribution in [0.1, 0.15) is 11.5 Å². The molecule has 3 rings (SSSR count). The van der Waals surface area contributed by atoms with E-state index in [0.29, 0.717) is 21.5 Å². The minimum Gasteiger partial charge on any atom is -0.463 e. The molecule has 110 valence electrons. The number of hydrogen-bond donors (Lipinski definition) is 3. The molecule has 0 aliphatic rings. The van der Waals surface area contributed by atoms with Crippen molar-refractivity contribution in [1.29, 1.82) is 5.41 Å². The predicted molar refractivity (Wildman–Crippen MR) is 79.8 cm³/mol. The number of amidine groups is 1. The number of para-hydroxylation sites is 2. The maximum Gasteiger partial charge on any atom is 0.191 e. The lowest BCUT2D eigenvalue weighted by Crippen LogP contribution is -2.31. The SMILES string of the molecule is N=c1c(/C(N)=N\N=C\c2ccco2)nc2ccccc2n1O. The molecular formula is C14H12N6O2. The summed E-state index contributed by atoms with van der Waals surface area (Å²) >= 11 is 0. The van der Waals surface area contributed by atoms with Crippen molar-refractivity contribution in [3.05, 3.63) is 59.6 Å². The number of aromatic nitrogens is 2. The van der Waals surface area contributed by atoms with Crippen molar-refractivity contribution < 1.29 is 9.62 Å². The fraction of sp³-hybridized carbons (Fsp3) is 0. The summed E-state index contributed by atoms with van der Waals surface area (Å²) in [6.07, 6.45) is 2.89. The zero-order chi connectivity index (χ0) is 15.5. The van der Waals surface area contributed by atoms with Gasteiger partial charge in [0.15, 0.2) is 17.0 Å². The number of furan rings is 1. The first-order chi connectivity index (χ1) is 10.7. The topological polar surface area (TPSA) is 126 Å². The number of rotatable bonds is 3. The average molecular weight is 296 g/mol. The normalized spacial score (nSPS) is 12.3. The van der Waals surface area contributed by atoms with Crippen LogP contribution < -0.4 is 11.2 Å². The van der Waals surface area contributed by atoms with Crippen LogP contribution in [0, 0.1) is 5.41 Å². The summed E-state index contributed by atoms with van der Waals surface area (Å²) in [7, 11) is 0. The van der Waals surface area contributed by atoms with Gasteiger partial charge in [0.2, 0.25) is 0 Å². The molecule has 0 unspecified atom stereocenters. The molecule has 1 aromatic carbocycles. The van der Waals surface area contributed by atoms with Crippen LogP contribution in [0.25, 0.3) is 11.0 Å². The molecule has 0 radical (unpaired) electrons. The fourth-order valence-corrected chi connectivity index (χ4v) is 1.87. The van der Waals surface area contributed by atoms with Crippen LogP contribution in [-0.2, 0) is 0 Å². The first-order valence-corrected chi connectivity index (χ1v) is 6.33. The van der Waals surface area contributed by atoms with E-state index in [4.69, 9.17) is 15.6 Å². The summed E-state index contributed by atoms with van der Waals surface area (Å²) in [6, 6.07) is 10.3. The van der Waals surface area contributed by atoms with Gasteiger partial charge in [0.25, 0.3) is 0 Å². The molecule has 8 nitrogen and oxygen atoms in total. The van der Waals surface area contributed by atoms with Crippen LogP contribution in [0.3, 0.4) is 0 Å². The highest BCUT2D eigenvalue weighted by molar-refractivity contribution is 5.96. The highest BCUT2D eigenvalue weighted by Crippen LogP contribution is 2.08. The number of nitrogens with two attached hydrogens (primary N) is 1. The van der Waals surface area contributed by atoms with E-state index in [1.807, 2.05) is 0 Å². The van der Waals surface area contributed by atoms with Gasteiger partial charge in [0.05, 0.1) is 18.0 Å². The highest BCUT2D eigenvalue weighted by atomic mass is 16.5. The average Bonchev–Trinajstić information content (AvgIpc) is 3.04. The predicted octanol–water partition coefficient (Wildman–Crippen LogP) is 1.09. The van der Waals surface area contributed by atoms with E-state index in [1.54, 1.807) is 36.4 Å². The smallest absolute Gasteiger partial charge is 0.191 e. The van der Waals surface area contributed by atoms with Crippen LogP contribution in [0.15, 0.2) is 57.3 Å². The van der Waals surface area contributed by atoms with Crippen LogP contribution in [0.5, 0.6) is 0 Å². The van der Waals surface area contributed by atoms with Crippen LogP contribution in [0.4, 0.5) is 0 Å². The summed E-state index contributed by atoms with van der Waals surface area (Å²) in [4.78, 5) is 4.23. The first-order valence-electron chi connectivity index (χ1n) is 6.33. The van der Waals surface area contributed by atoms with Gasteiger partial charge in [0, 0.05) is 0 Å². The van der Waals surface area contributed by atoms with Crippen molar-refractivity contribution in [2.75, 3.05) is 0 Å². The van der Waals surface area contributed by atoms with Crippen molar-refractivity contribution in [3.8, 4) is 0 Å². The Bertz CT molecular complexity index is 924. The summed E-state index contributed by atoms with van der Waals surface area (Å²) in [6.45, 7) is 0. The molecular weight excluding hydrogens is 284 g/mol. The van der Waals surface area contributed by atoms with E-state index >= 15 is 0 Å². The second kappa shape index (κ2) is 5.52. The Labute approximate surface area is 124 Å². The number of benzene rings is 1. The monoisotopic (exact) mass is 296 g/mol. The van der Waals surface area contributed by atoms with E-state index < -0.39 is 0 Å². The van der Waals surface area contributed by atoms with Gasteiger partial charge in [-0.05, 0) is 24.3 Å². The van der Waals surface area contributed by atoms with E-state index in [2.05, 4.69) is 15.2 Å². The Morgan fingerprint density at radius 1 is 1.32 bits per heavy atom. The molecule has 4 N–H and O–H groups in total. The van der Waals surface area contributed by atoms with Gasteiger partial charge >= 0.3 is 0 Å². The molecule has 8 heteroatoms.